The van der Waals surface area contributed by atoms with E-state index in [9.17, 15) is 14.7 Å². The van der Waals surface area contributed by atoms with E-state index in [0.717, 1.165) is 33.5 Å². The lowest BCUT2D eigenvalue weighted by atomic mass is 9.81. The summed E-state index contributed by atoms with van der Waals surface area (Å²) in [5.74, 6) is -0.610. The molecule has 2 aliphatic rings. The lowest BCUT2D eigenvalue weighted by Gasteiger charge is -2.27. The second-order valence-corrected chi connectivity index (χ2v) is 11.9. The highest BCUT2D eigenvalue weighted by Crippen LogP contribution is 2.49. The smallest absolute Gasteiger partial charge is 0.309 e. The molecule has 246 valence electrons. The van der Waals surface area contributed by atoms with E-state index in [-0.39, 0.29) is 26.0 Å². The van der Waals surface area contributed by atoms with Crippen LogP contribution in [0.5, 0.6) is 17.2 Å². The number of methoxy groups -OCH3 is 1. The van der Waals surface area contributed by atoms with Gasteiger partial charge in [0.15, 0.2) is 18.3 Å². The number of aryl methyl sites for hydroxylation is 3. The fourth-order valence-corrected chi connectivity index (χ4v) is 6.71. The minimum Gasteiger partial charge on any atom is -0.481 e. The monoisotopic (exact) mass is 652 g/mol. The molecule has 46 heavy (non-hydrogen) atoms. The van der Waals surface area contributed by atoms with Crippen LogP contribution in [0.25, 0.3) is 0 Å². The minimum absolute atomic E-state index is 0.00489. The highest BCUT2D eigenvalue weighted by Gasteiger charge is 2.48. The fraction of sp³-hybridized carbons (Fsp3) is 0.429. The Labute approximate surface area is 274 Å². The van der Waals surface area contributed by atoms with Crippen molar-refractivity contribution in [2.24, 2.45) is 5.92 Å². The lowest BCUT2D eigenvalue weighted by Crippen LogP contribution is -2.35. The van der Waals surface area contributed by atoms with E-state index in [1.807, 2.05) is 62.1 Å². The van der Waals surface area contributed by atoms with E-state index in [4.69, 9.17) is 35.3 Å². The second-order valence-electron chi connectivity index (χ2n) is 11.5. The van der Waals surface area contributed by atoms with Gasteiger partial charge in [0, 0.05) is 36.3 Å². The Morgan fingerprint density at radius 3 is 2.33 bits per heavy atom. The van der Waals surface area contributed by atoms with Crippen LogP contribution in [0.15, 0.2) is 48.5 Å². The Morgan fingerprint density at radius 2 is 1.70 bits per heavy atom. The van der Waals surface area contributed by atoms with Gasteiger partial charge in [0.25, 0.3) is 0 Å². The summed E-state index contributed by atoms with van der Waals surface area (Å²) >= 11 is 6.35. The summed E-state index contributed by atoms with van der Waals surface area (Å²) in [5, 5.41) is 14.5. The number of anilines is 1. The molecule has 0 bridgehead atoms. The first-order chi connectivity index (χ1) is 22.2. The number of fused-ring (bicyclic) bond motifs is 1. The Morgan fingerprint density at radius 1 is 1.02 bits per heavy atom. The van der Waals surface area contributed by atoms with Gasteiger partial charge in [-0.3, -0.25) is 14.5 Å². The molecule has 1 fully saturated rings. The Balaban J connectivity index is 1.45. The number of hydrogen-bond acceptors (Lipinski definition) is 8. The maximum Gasteiger partial charge on any atom is 0.309 e. The number of rotatable bonds is 14. The number of benzene rings is 3. The highest BCUT2D eigenvalue weighted by atomic mass is 35.5. The maximum absolute atomic E-state index is 13.7. The number of aliphatic carboxylic acids is 1. The van der Waals surface area contributed by atoms with E-state index in [0.29, 0.717) is 54.9 Å². The summed E-state index contributed by atoms with van der Waals surface area (Å²) in [6.45, 7) is 7.38. The van der Waals surface area contributed by atoms with Crippen molar-refractivity contribution in [3.05, 3.63) is 81.4 Å². The second kappa shape index (κ2) is 15.2. The molecule has 1 amide bonds. The van der Waals surface area contributed by atoms with E-state index in [1.165, 1.54) is 0 Å². The van der Waals surface area contributed by atoms with Crippen LogP contribution in [0, 0.1) is 12.8 Å². The van der Waals surface area contributed by atoms with Gasteiger partial charge in [-0.05, 0) is 84.0 Å². The number of halogens is 1. The van der Waals surface area contributed by atoms with Crippen molar-refractivity contribution in [2.45, 2.75) is 45.6 Å². The molecule has 0 radical (unpaired) electrons. The van der Waals surface area contributed by atoms with E-state index < -0.39 is 23.8 Å². The van der Waals surface area contributed by atoms with Gasteiger partial charge in [-0.2, -0.15) is 0 Å². The quantitative estimate of drug-likeness (QED) is 0.160. The number of nitrogens with one attached hydrogen (secondary N) is 1. The number of hydrogen-bond donors (Lipinski definition) is 2. The number of ether oxygens (including phenoxy) is 5. The molecule has 1 unspecified atom stereocenters. The zero-order valence-corrected chi connectivity index (χ0v) is 27.4. The molecule has 0 spiro atoms. The first-order valence-electron chi connectivity index (χ1n) is 15.5. The number of carboxylic acids is 1. The van der Waals surface area contributed by atoms with Crippen molar-refractivity contribution in [3.63, 3.8) is 0 Å². The van der Waals surface area contributed by atoms with Gasteiger partial charge in [-0.1, -0.05) is 37.6 Å². The third-order valence-electron chi connectivity index (χ3n) is 8.65. The minimum atomic E-state index is -0.943. The van der Waals surface area contributed by atoms with Crippen molar-refractivity contribution in [1.29, 1.82) is 0 Å². The molecule has 10 nitrogen and oxygen atoms in total. The number of carbonyl (C=O) groups excluding carboxylic acids is 1. The first kappa shape index (κ1) is 33.5. The van der Waals surface area contributed by atoms with Gasteiger partial charge in [0.1, 0.15) is 5.75 Å². The lowest BCUT2D eigenvalue weighted by molar-refractivity contribution is -0.143. The summed E-state index contributed by atoms with van der Waals surface area (Å²) in [6.07, 6.45) is 1.40. The number of carboxylic acid groups (broad SMARTS) is 1. The number of likely N-dealkylation sites (tertiary alicyclic amines) is 1. The molecule has 0 aromatic heterocycles. The van der Waals surface area contributed by atoms with Crippen molar-refractivity contribution in [2.75, 3.05) is 52.3 Å². The van der Waals surface area contributed by atoms with Gasteiger partial charge in [0.05, 0.1) is 25.7 Å². The maximum atomic E-state index is 13.7. The molecular weight excluding hydrogens is 612 g/mol. The molecule has 3 atom stereocenters. The Hall–Kier alpha value is -3.83. The largest absolute Gasteiger partial charge is 0.481 e. The van der Waals surface area contributed by atoms with Crippen LogP contribution in [0.4, 0.5) is 5.69 Å². The first-order valence-corrected chi connectivity index (χ1v) is 15.9. The van der Waals surface area contributed by atoms with Gasteiger partial charge < -0.3 is 34.1 Å². The third kappa shape index (κ3) is 7.41. The van der Waals surface area contributed by atoms with E-state index in [1.54, 1.807) is 19.2 Å². The molecule has 1 saturated heterocycles. The molecule has 11 heteroatoms. The van der Waals surface area contributed by atoms with Crippen LogP contribution in [0.3, 0.4) is 0 Å². The highest BCUT2D eigenvalue weighted by molar-refractivity contribution is 6.30. The number of amides is 1. The SMILES string of the molecule is CCc1cc(Cl)cc(CC)c1NC(=O)CN1C[C@H](c2cc3c(cc2C)OCO3)C(C(=O)O)[C@@H]1c1ccc(OCOCCOC)cc1. The van der Waals surface area contributed by atoms with Crippen molar-refractivity contribution < 1.29 is 38.4 Å². The number of nitrogens with zero attached hydrogens (tertiary/aromatic N) is 1. The van der Waals surface area contributed by atoms with Crippen LogP contribution < -0.4 is 19.5 Å². The van der Waals surface area contributed by atoms with Gasteiger partial charge in [-0.15, -0.1) is 0 Å². The molecule has 2 N–H and O–H groups in total. The van der Waals surface area contributed by atoms with Crippen molar-refractivity contribution in [1.82, 2.24) is 4.90 Å². The van der Waals surface area contributed by atoms with Crippen LogP contribution in [-0.4, -0.2) is 68.9 Å². The molecule has 2 heterocycles. The molecular formula is C35H41ClN2O8. The molecule has 3 aromatic rings. The number of carbonyl (C=O) groups is 2. The average molecular weight is 653 g/mol. The molecule has 2 aliphatic heterocycles. The molecule has 5 rings (SSSR count). The summed E-state index contributed by atoms with van der Waals surface area (Å²) in [4.78, 5) is 28.8. The van der Waals surface area contributed by atoms with E-state index >= 15 is 0 Å². The van der Waals surface area contributed by atoms with Gasteiger partial charge >= 0.3 is 5.97 Å². The predicted octanol–water partition coefficient (Wildman–Crippen LogP) is 5.98. The summed E-state index contributed by atoms with van der Waals surface area (Å²) in [7, 11) is 1.60. The zero-order valence-electron chi connectivity index (χ0n) is 26.6. The Kier molecular flexibility index (Phi) is 11.1. The zero-order chi connectivity index (χ0) is 32.8. The van der Waals surface area contributed by atoms with Crippen molar-refractivity contribution >= 4 is 29.2 Å². The standard InChI is InChI=1S/C35H41ClN2O8/c1-5-22-14-25(36)15-23(6-2)33(22)37-31(39)18-38-17-28(27-16-30-29(13-21(27)3)45-20-46-30)32(35(40)41)34(38)24-7-9-26(10-8-24)44-19-43-12-11-42-4/h7-10,13-16,28,32,34H,5-6,11-12,17-20H2,1-4H3,(H,37,39)(H,40,41)/t28-,32?,34+/m1/s1. The average Bonchev–Trinajstić information content (AvgIpc) is 3.65. The molecule has 3 aromatic carbocycles. The molecule has 0 saturated carbocycles. The molecule has 0 aliphatic carbocycles. The normalized spacial score (nSPS) is 18.9. The van der Waals surface area contributed by atoms with Crippen molar-refractivity contribution in [3.8, 4) is 17.2 Å². The topological polar surface area (TPSA) is 116 Å². The summed E-state index contributed by atoms with van der Waals surface area (Å²) < 4.78 is 27.3. The summed E-state index contributed by atoms with van der Waals surface area (Å²) in [6, 6.07) is 14.2. The van der Waals surface area contributed by atoms with Gasteiger partial charge in [0.2, 0.25) is 12.7 Å². The fourth-order valence-electron chi connectivity index (χ4n) is 6.44. The predicted molar refractivity (Wildman–Crippen MR) is 174 cm³/mol. The van der Waals surface area contributed by atoms with E-state index in [2.05, 4.69) is 5.32 Å². The van der Waals surface area contributed by atoms with Crippen LogP contribution in [-0.2, 0) is 31.9 Å². The third-order valence-corrected chi connectivity index (χ3v) is 8.86. The van der Waals surface area contributed by atoms with Crippen LogP contribution in [0.1, 0.15) is 53.6 Å². The Bertz CT molecular complexity index is 1520. The van der Waals surface area contributed by atoms with Crippen LogP contribution >= 0.6 is 11.6 Å². The van der Waals surface area contributed by atoms with Gasteiger partial charge in [-0.25, -0.2) is 0 Å². The summed E-state index contributed by atoms with van der Waals surface area (Å²) in [5.41, 5.74) is 5.21. The van der Waals surface area contributed by atoms with Crippen LogP contribution in [0.2, 0.25) is 5.02 Å².